The molecule has 0 bridgehead atoms. The summed E-state index contributed by atoms with van der Waals surface area (Å²) in [5.74, 6) is 1.46. The second kappa shape index (κ2) is 12.0. The summed E-state index contributed by atoms with van der Waals surface area (Å²) in [5.41, 5.74) is 1.81. The monoisotopic (exact) mass is 577 g/mol. The van der Waals surface area contributed by atoms with Crippen molar-refractivity contribution >= 4 is 51.4 Å². The van der Waals surface area contributed by atoms with Gasteiger partial charge in [0.25, 0.3) is 0 Å². The normalized spacial score (nSPS) is 12.3. The largest absolute Gasteiger partial charge is 0.497 e. The Hall–Kier alpha value is -2.63. The number of thiophene rings is 1. The first kappa shape index (κ1) is 25.0. The van der Waals surface area contributed by atoms with E-state index >= 15 is 0 Å². The summed E-state index contributed by atoms with van der Waals surface area (Å²) in [7, 11) is 1.65. The number of rotatable bonds is 8. The summed E-state index contributed by atoms with van der Waals surface area (Å²) < 4.78 is 8.19. The fourth-order valence-electron chi connectivity index (χ4n) is 3.29. The predicted molar refractivity (Wildman–Crippen MR) is 145 cm³/mol. The van der Waals surface area contributed by atoms with Crippen molar-refractivity contribution in [2.45, 2.75) is 19.6 Å². The Balaban J connectivity index is 0.00000306. The number of guanidine groups is 1. The zero-order valence-corrected chi connectivity index (χ0v) is 21.7. The van der Waals surface area contributed by atoms with Gasteiger partial charge in [-0.05, 0) is 54.8 Å². The number of ether oxygens (including phenoxy) is 1. The van der Waals surface area contributed by atoms with Crippen LogP contribution in [0.5, 0.6) is 5.75 Å². The molecule has 1 unspecified atom stereocenters. The molecule has 33 heavy (non-hydrogen) atoms. The number of hydrogen-bond donors (Lipinski definition) is 3. The van der Waals surface area contributed by atoms with E-state index in [0.717, 1.165) is 33.9 Å². The topological polar surface area (TPSA) is 83.7 Å². The molecule has 0 amide bonds. The van der Waals surface area contributed by atoms with Crippen LogP contribution in [0, 0.1) is 0 Å². The first-order valence-electron chi connectivity index (χ1n) is 10.5. The molecule has 7 nitrogen and oxygen atoms in total. The van der Waals surface area contributed by atoms with Gasteiger partial charge in [0.05, 0.1) is 25.0 Å². The van der Waals surface area contributed by atoms with E-state index in [9.17, 15) is 5.11 Å². The van der Waals surface area contributed by atoms with Gasteiger partial charge in [-0.25, -0.2) is 9.67 Å². The van der Waals surface area contributed by atoms with E-state index in [4.69, 9.17) is 4.74 Å². The quantitative estimate of drug-likeness (QED) is 0.163. The van der Waals surface area contributed by atoms with Gasteiger partial charge in [0, 0.05) is 28.9 Å². The average Bonchev–Trinajstić information content (AvgIpc) is 3.48. The van der Waals surface area contributed by atoms with Crippen LogP contribution >= 0.6 is 35.3 Å². The number of aliphatic hydroxyl groups excluding tert-OH is 1. The maximum absolute atomic E-state index is 10.6. The van der Waals surface area contributed by atoms with Crippen molar-refractivity contribution < 1.29 is 9.84 Å². The Morgan fingerprint density at radius 2 is 1.94 bits per heavy atom. The van der Waals surface area contributed by atoms with Crippen molar-refractivity contribution in [1.82, 2.24) is 20.4 Å². The van der Waals surface area contributed by atoms with Gasteiger partial charge in [-0.2, -0.15) is 5.10 Å². The number of methoxy groups -OCH3 is 1. The number of aliphatic hydroxyl groups is 1. The van der Waals surface area contributed by atoms with E-state index in [1.165, 1.54) is 4.70 Å². The third kappa shape index (κ3) is 6.46. The number of fused-ring (bicyclic) bond motifs is 1. The van der Waals surface area contributed by atoms with E-state index in [0.29, 0.717) is 19.0 Å². The van der Waals surface area contributed by atoms with Gasteiger partial charge >= 0.3 is 0 Å². The Morgan fingerprint density at radius 3 is 2.67 bits per heavy atom. The maximum atomic E-state index is 10.6. The average molecular weight is 577 g/mol. The molecular weight excluding hydrogens is 549 g/mol. The zero-order valence-electron chi connectivity index (χ0n) is 18.6. The van der Waals surface area contributed by atoms with Crippen molar-refractivity contribution in [2.75, 3.05) is 20.2 Å². The number of benzene rings is 2. The molecule has 1 atom stereocenters. The Bertz CT molecular complexity index is 1160. The minimum absolute atomic E-state index is 0. The number of nitrogens with one attached hydrogen (secondary N) is 2. The third-order valence-corrected chi connectivity index (χ3v) is 6.18. The molecule has 0 aliphatic rings. The van der Waals surface area contributed by atoms with Gasteiger partial charge < -0.3 is 20.5 Å². The fourth-order valence-corrected chi connectivity index (χ4v) is 4.34. The standard InChI is InChI=1S/C24H27N5O2S.HI/c1-3-25-24(27-16-21(30)23-14-17-6-4-5-7-22(17)32-23)26-15-18-12-13-29(28-18)19-8-10-20(31-2)11-9-19;/h4-14,21,30H,3,15-16H2,1-2H3,(H2,25,26,27);1H. The van der Waals surface area contributed by atoms with Gasteiger partial charge in [-0.1, -0.05) is 18.2 Å². The molecule has 0 spiro atoms. The second-order valence-corrected chi connectivity index (χ2v) is 8.34. The molecule has 0 aliphatic heterocycles. The molecule has 4 rings (SSSR count). The van der Waals surface area contributed by atoms with E-state index in [-0.39, 0.29) is 24.0 Å². The second-order valence-electron chi connectivity index (χ2n) is 7.23. The molecule has 0 radical (unpaired) electrons. The highest BCUT2D eigenvalue weighted by atomic mass is 127. The summed E-state index contributed by atoms with van der Waals surface area (Å²) >= 11 is 1.61. The van der Waals surface area contributed by atoms with Gasteiger partial charge in [-0.3, -0.25) is 0 Å². The van der Waals surface area contributed by atoms with Gasteiger partial charge in [0.15, 0.2) is 5.96 Å². The number of nitrogens with zero attached hydrogens (tertiary/aromatic N) is 3. The number of aliphatic imine (C=N–C) groups is 1. The smallest absolute Gasteiger partial charge is 0.191 e. The summed E-state index contributed by atoms with van der Waals surface area (Å²) in [5, 5.41) is 22.8. The number of halogens is 1. The molecule has 4 aromatic rings. The van der Waals surface area contributed by atoms with Crippen molar-refractivity contribution in [1.29, 1.82) is 0 Å². The molecule has 2 aromatic carbocycles. The predicted octanol–water partition coefficient (Wildman–Crippen LogP) is 4.50. The first-order valence-corrected chi connectivity index (χ1v) is 11.4. The Kier molecular flexibility index (Phi) is 9.10. The van der Waals surface area contributed by atoms with Crippen LogP contribution in [0.25, 0.3) is 15.8 Å². The first-order chi connectivity index (χ1) is 15.7. The molecule has 3 N–H and O–H groups in total. The highest BCUT2D eigenvalue weighted by Crippen LogP contribution is 2.29. The molecule has 0 aliphatic carbocycles. The van der Waals surface area contributed by atoms with Gasteiger partial charge in [0.1, 0.15) is 11.9 Å². The summed E-state index contributed by atoms with van der Waals surface area (Å²) in [6, 6.07) is 19.9. The molecule has 0 fully saturated rings. The Morgan fingerprint density at radius 1 is 1.15 bits per heavy atom. The van der Waals surface area contributed by atoms with Crippen molar-refractivity contribution in [2.24, 2.45) is 4.99 Å². The van der Waals surface area contributed by atoms with Crippen LogP contribution in [-0.4, -0.2) is 41.0 Å². The number of hydrogen-bond acceptors (Lipinski definition) is 5. The van der Waals surface area contributed by atoms with Gasteiger partial charge in [-0.15, -0.1) is 35.3 Å². The Labute approximate surface area is 214 Å². The van der Waals surface area contributed by atoms with E-state index in [1.54, 1.807) is 18.4 Å². The lowest BCUT2D eigenvalue weighted by atomic mass is 10.2. The van der Waals surface area contributed by atoms with Crippen molar-refractivity contribution in [3.8, 4) is 11.4 Å². The maximum Gasteiger partial charge on any atom is 0.191 e. The third-order valence-electron chi connectivity index (χ3n) is 4.96. The highest BCUT2D eigenvalue weighted by molar-refractivity contribution is 14.0. The van der Waals surface area contributed by atoms with Crippen LogP contribution < -0.4 is 15.4 Å². The number of aromatic nitrogens is 2. The minimum Gasteiger partial charge on any atom is -0.497 e. The zero-order chi connectivity index (χ0) is 22.3. The van der Waals surface area contributed by atoms with Crippen LogP contribution in [0.1, 0.15) is 23.6 Å². The van der Waals surface area contributed by atoms with Crippen LogP contribution in [-0.2, 0) is 6.54 Å². The molecule has 0 saturated heterocycles. The lowest BCUT2D eigenvalue weighted by Gasteiger charge is -2.14. The molecular formula is C24H28IN5O2S. The lowest BCUT2D eigenvalue weighted by molar-refractivity contribution is 0.184. The lowest BCUT2D eigenvalue weighted by Crippen LogP contribution is -2.39. The van der Waals surface area contributed by atoms with Crippen LogP contribution in [0.2, 0.25) is 0 Å². The molecule has 2 heterocycles. The molecule has 9 heteroatoms. The molecule has 174 valence electrons. The van der Waals surface area contributed by atoms with Crippen molar-refractivity contribution in [3.05, 3.63) is 77.4 Å². The van der Waals surface area contributed by atoms with E-state index in [2.05, 4.69) is 32.9 Å². The van der Waals surface area contributed by atoms with Gasteiger partial charge in [0.2, 0.25) is 0 Å². The van der Waals surface area contributed by atoms with Crippen molar-refractivity contribution in [3.63, 3.8) is 0 Å². The summed E-state index contributed by atoms with van der Waals surface area (Å²) in [6.07, 6.45) is 1.31. The summed E-state index contributed by atoms with van der Waals surface area (Å²) in [4.78, 5) is 5.56. The van der Waals surface area contributed by atoms with Crippen LogP contribution in [0.15, 0.2) is 71.9 Å². The van der Waals surface area contributed by atoms with Crippen LogP contribution in [0.3, 0.4) is 0 Å². The summed E-state index contributed by atoms with van der Waals surface area (Å²) in [6.45, 7) is 3.54. The van der Waals surface area contributed by atoms with E-state index < -0.39 is 6.10 Å². The van der Waals surface area contributed by atoms with E-state index in [1.807, 2.05) is 66.3 Å². The molecule has 0 saturated carbocycles. The highest BCUT2D eigenvalue weighted by Gasteiger charge is 2.12. The van der Waals surface area contributed by atoms with Crippen LogP contribution in [0.4, 0.5) is 0 Å². The SMILES string of the molecule is CCNC(=NCc1ccn(-c2ccc(OC)cc2)n1)NCC(O)c1cc2ccccc2s1.I. The fraction of sp³-hybridized carbons (Fsp3) is 0.250. The molecule has 2 aromatic heterocycles. The minimum atomic E-state index is -0.606.